The van der Waals surface area contributed by atoms with Crippen LogP contribution >= 0.6 is 0 Å². The van der Waals surface area contributed by atoms with Crippen molar-refractivity contribution in [3.63, 3.8) is 0 Å². The molecule has 0 fully saturated rings. The number of nitrogens with zero attached hydrogens (tertiary/aromatic N) is 1. The Bertz CT molecular complexity index is 862. The average Bonchev–Trinajstić information content (AvgIpc) is 2.54. The lowest BCUT2D eigenvalue weighted by Gasteiger charge is -2.30. The number of sulfonamides is 1. The van der Waals surface area contributed by atoms with Crippen molar-refractivity contribution in [1.82, 2.24) is 0 Å². The van der Waals surface area contributed by atoms with Crippen molar-refractivity contribution >= 4 is 21.7 Å². The van der Waals surface area contributed by atoms with Gasteiger partial charge < -0.3 is 5.11 Å². The summed E-state index contributed by atoms with van der Waals surface area (Å²) in [6.45, 7) is 0.307. The van der Waals surface area contributed by atoms with Crippen molar-refractivity contribution < 1.29 is 22.7 Å². The maximum atomic E-state index is 13.3. The van der Waals surface area contributed by atoms with Crippen LogP contribution in [0.2, 0.25) is 0 Å². The maximum absolute atomic E-state index is 13.3. The first kappa shape index (κ1) is 15.5. The van der Waals surface area contributed by atoms with Crippen LogP contribution in [0.25, 0.3) is 0 Å². The first-order valence-electron chi connectivity index (χ1n) is 7.04. The highest BCUT2D eigenvalue weighted by Crippen LogP contribution is 2.32. The molecule has 0 radical (unpaired) electrons. The average molecular weight is 335 g/mol. The molecule has 0 aliphatic carbocycles. The molecule has 7 heteroatoms. The van der Waals surface area contributed by atoms with Crippen LogP contribution in [0.1, 0.15) is 22.3 Å². The van der Waals surface area contributed by atoms with Crippen LogP contribution < -0.4 is 4.31 Å². The smallest absolute Gasteiger partial charge is 0.335 e. The molecular weight excluding hydrogens is 321 g/mol. The molecule has 0 unspecified atom stereocenters. The summed E-state index contributed by atoms with van der Waals surface area (Å²) in [6, 6.07) is 9.11. The summed E-state index contributed by atoms with van der Waals surface area (Å²) in [5, 5.41) is 8.89. The molecule has 3 rings (SSSR count). The van der Waals surface area contributed by atoms with Gasteiger partial charge in [-0.15, -0.1) is 0 Å². The van der Waals surface area contributed by atoms with E-state index in [2.05, 4.69) is 0 Å². The number of rotatable bonds is 3. The van der Waals surface area contributed by atoms with E-state index in [9.17, 15) is 17.6 Å². The van der Waals surface area contributed by atoms with Crippen LogP contribution in [0.5, 0.6) is 0 Å². The number of carbonyl (C=O) groups is 1. The Hall–Kier alpha value is -2.41. The molecule has 1 heterocycles. The van der Waals surface area contributed by atoms with Crippen LogP contribution in [0.4, 0.5) is 10.1 Å². The fourth-order valence-corrected chi connectivity index (χ4v) is 4.22. The molecule has 0 amide bonds. The number of hydrogen-bond donors (Lipinski definition) is 1. The zero-order valence-corrected chi connectivity index (χ0v) is 12.9. The SMILES string of the molecule is O=C(O)c1ccc(S(=O)(=O)N2CCCc3cc(F)ccc32)cc1. The van der Waals surface area contributed by atoms with Crippen molar-refractivity contribution in [1.29, 1.82) is 0 Å². The summed E-state index contributed by atoms with van der Waals surface area (Å²) in [4.78, 5) is 10.9. The molecule has 23 heavy (non-hydrogen) atoms. The second kappa shape index (κ2) is 5.66. The minimum Gasteiger partial charge on any atom is -0.478 e. The molecule has 0 atom stereocenters. The summed E-state index contributed by atoms with van der Waals surface area (Å²) >= 11 is 0. The Balaban J connectivity index is 2.02. The fraction of sp³-hybridized carbons (Fsp3) is 0.188. The van der Waals surface area contributed by atoms with Gasteiger partial charge in [0.2, 0.25) is 0 Å². The number of halogens is 1. The third-order valence-electron chi connectivity index (χ3n) is 3.81. The highest BCUT2D eigenvalue weighted by Gasteiger charge is 2.29. The molecule has 1 aliphatic heterocycles. The standard InChI is InChI=1S/C16H14FNO4S/c17-13-5-8-15-12(10-13)2-1-9-18(15)23(21,22)14-6-3-11(4-7-14)16(19)20/h3-8,10H,1-2,9H2,(H,19,20). The highest BCUT2D eigenvalue weighted by atomic mass is 32.2. The van der Waals surface area contributed by atoms with Gasteiger partial charge in [0.05, 0.1) is 16.1 Å². The minimum absolute atomic E-state index is 0.0136. The predicted octanol–water partition coefficient (Wildman–Crippen LogP) is 2.67. The molecule has 0 saturated heterocycles. The summed E-state index contributed by atoms with van der Waals surface area (Å²) in [6.07, 6.45) is 1.22. The van der Waals surface area contributed by atoms with E-state index in [1.165, 1.54) is 46.8 Å². The Labute approximate surface area is 133 Å². The zero-order chi connectivity index (χ0) is 16.6. The van der Waals surface area contributed by atoms with E-state index < -0.39 is 21.8 Å². The van der Waals surface area contributed by atoms with Gasteiger partial charge in [-0.2, -0.15) is 0 Å². The molecule has 0 spiro atoms. The molecular formula is C16H14FNO4S. The molecule has 5 nitrogen and oxygen atoms in total. The third-order valence-corrected chi connectivity index (χ3v) is 5.63. The molecule has 1 N–H and O–H groups in total. The maximum Gasteiger partial charge on any atom is 0.335 e. The van der Waals surface area contributed by atoms with Crippen molar-refractivity contribution in [2.45, 2.75) is 17.7 Å². The minimum atomic E-state index is -3.81. The van der Waals surface area contributed by atoms with Crippen LogP contribution in [-0.2, 0) is 16.4 Å². The number of hydrogen-bond acceptors (Lipinski definition) is 3. The van der Waals surface area contributed by atoms with Crippen molar-refractivity contribution in [3.8, 4) is 0 Å². The monoisotopic (exact) mass is 335 g/mol. The van der Waals surface area contributed by atoms with Crippen LogP contribution in [-0.4, -0.2) is 26.0 Å². The summed E-state index contributed by atoms with van der Waals surface area (Å²) < 4.78 is 40.2. The quantitative estimate of drug-likeness (QED) is 0.936. The van der Waals surface area contributed by atoms with Crippen LogP contribution in [0, 0.1) is 5.82 Å². The van der Waals surface area contributed by atoms with Gasteiger partial charge in [0.15, 0.2) is 0 Å². The molecule has 1 aliphatic rings. The van der Waals surface area contributed by atoms with Gasteiger partial charge >= 0.3 is 5.97 Å². The Morgan fingerprint density at radius 2 is 1.83 bits per heavy atom. The van der Waals surface area contributed by atoms with E-state index in [0.29, 0.717) is 30.6 Å². The largest absolute Gasteiger partial charge is 0.478 e. The summed E-state index contributed by atoms with van der Waals surface area (Å²) in [7, 11) is -3.81. The van der Waals surface area contributed by atoms with Gasteiger partial charge in [-0.1, -0.05) is 0 Å². The van der Waals surface area contributed by atoms with E-state index in [1.807, 2.05) is 0 Å². The topological polar surface area (TPSA) is 74.7 Å². The lowest BCUT2D eigenvalue weighted by Crippen LogP contribution is -2.35. The Kier molecular flexibility index (Phi) is 3.81. The molecule has 0 aromatic heterocycles. The molecule has 0 saturated carbocycles. The van der Waals surface area contributed by atoms with Gasteiger partial charge in [0.1, 0.15) is 5.82 Å². The lowest BCUT2D eigenvalue weighted by molar-refractivity contribution is 0.0696. The molecule has 2 aromatic carbocycles. The predicted molar refractivity (Wildman–Crippen MR) is 82.7 cm³/mol. The molecule has 2 aromatic rings. The van der Waals surface area contributed by atoms with Gasteiger partial charge in [-0.3, -0.25) is 4.31 Å². The van der Waals surface area contributed by atoms with Gasteiger partial charge in [-0.25, -0.2) is 17.6 Å². The van der Waals surface area contributed by atoms with Gasteiger partial charge in [0.25, 0.3) is 10.0 Å². The fourth-order valence-electron chi connectivity index (χ4n) is 2.68. The van der Waals surface area contributed by atoms with E-state index in [4.69, 9.17) is 5.11 Å². The number of carboxylic acids is 1. The van der Waals surface area contributed by atoms with E-state index >= 15 is 0 Å². The van der Waals surface area contributed by atoms with Crippen molar-refractivity contribution in [3.05, 3.63) is 59.4 Å². The molecule has 0 bridgehead atoms. The number of benzene rings is 2. The number of anilines is 1. The number of aryl methyl sites for hydroxylation is 1. The highest BCUT2D eigenvalue weighted by molar-refractivity contribution is 7.92. The van der Waals surface area contributed by atoms with Crippen LogP contribution in [0.3, 0.4) is 0 Å². The number of aromatic carboxylic acids is 1. The Morgan fingerprint density at radius 1 is 1.13 bits per heavy atom. The van der Waals surface area contributed by atoms with E-state index in [0.717, 1.165) is 0 Å². The summed E-state index contributed by atoms with van der Waals surface area (Å²) in [5.74, 6) is -1.51. The van der Waals surface area contributed by atoms with Crippen molar-refractivity contribution in [2.75, 3.05) is 10.8 Å². The third kappa shape index (κ3) is 2.79. The number of carboxylic acid groups (broad SMARTS) is 1. The van der Waals surface area contributed by atoms with Gasteiger partial charge in [-0.05, 0) is 60.9 Å². The van der Waals surface area contributed by atoms with Crippen molar-refractivity contribution in [2.24, 2.45) is 0 Å². The summed E-state index contributed by atoms with van der Waals surface area (Å²) in [5.41, 5.74) is 1.15. The number of fused-ring (bicyclic) bond motifs is 1. The lowest BCUT2D eigenvalue weighted by atomic mass is 10.0. The van der Waals surface area contributed by atoms with Crippen LogP contribution in [0.15, 0.2) is 47.4 Å². The second-order valence-electron chi connectivity index (χ2n) is 5.28. The van der Waals surface area contributed by atoms with E-state index in [-0.39, 0.29) is 10.5 Å². The van der Waals surface area contributed by atoms with E-state index in [1.54, 1.807) is 0 Å². The first-order chi connectivity index (χ1) is 10.9. The second-order valence-corrected chi connectivity index (χ2v) is 7.15. The first-order valence-corrected chi connectivity index (χ1v) is 8.48. The normalized spacial score (nSPS) is 14.4. The van der Waals surface area contributed by atoms with Gasteiger partial charge in [0, 0.05) is 6.54 Å². The zero-order valence-electron chi connectivity index (χ0n) is 12.1. The molecule has 120 valence electrons. The Morgan fingerprint density at radius 3 is 2.48 bits per heavy atom.